The highest BCUT2D eigenvalue weighted by Gasteiger charge is 2.42. The maximum atomic E-state index is 13.1. The van der Waals surface area contributed by atoms with E-state index in [1.807, 2.05) is 0 Å². The number of rotatable bonds is 3. The molecule has 2 N–H and O–H groups in total. The minimum absolute atomic E-state index is 0.0768. The molecule has 2 aromatic carbocycles. The molecule has 0 saturated carbocycles. The van der Waals surface area contributed by atoms with Crippen molar-refractivity contribution >= 4 is 34.4 Å². The molecular formula is C18H15N3O5. The Balaban J connectivity index is 1.86. The van der Waals surface area contributed by atoms with Gasteiger partial charge in [-0.15, -0.1) is 0 Å². The minimum atomic E-state index is -1.01. The van der Waals surface area contributed by atoms with Crippen molar-refractivity contribution in [2.24, 2.45) is 0 Å². The second kappa shape index (κ2) is 5.92. The zero-order valence-corrected chi connectivity index (χ0v) is 13.9. The first-order chi connectivity index (χ1) is 12.5. The van der Waals surface area contributed by atoms with Gasteiger partial charge in [-0.1, -0.05) is 12.1 Å². The van der Waals surface area contributed by atoms with Crippen LogP contribution >= 0.6 is 0 Å². The molecule has 1 saturated heterocycles. The van der Waals surface area contributed by atoms with Crippen molar-refractivity contribution in [1.82, 2.24) is 15.7 Å². The molecule has 8 heteroatoms. The molecule has 1 fully saturated rings. The van der Waals surface area contributed by atoms with Gasteiger partial charge in [-0.2, -0.15) is 5.48 Å². The number of benzene rings is 2. The van der Waals surface area contributed by atoms with Crippen molar-refractivity contribution in [1.29, 1.82) is 0 Å². The van der Waals surface area contributed by atoms with Gasteiger partial charge in [0.25, 0.3) is 11.8 Å². The summed E-state index contributed by atoms with van der Waals surface area (Å²) in [5.41, 5.74) is 3.18. The highest BCUT2D eigenvalue weighted by molar-refractivity contribution is 6.27. The second-order valence-electron chi connectivity index (χ2n) is 6.13. The monoisotopic (exact) mass is 353 g/mol. The van der Waals surface area contributed by atoms with Crippen molar-refractivity contribution in [2.75, 3.05) is 7.05 Å². The Morgan fingerprint density at radius 1 is 1.12 bits per heavy atom. The van der Waals surface area contributed by atoms with Crippen LogP contribution in [0.1, 0.15) is 33.6 Å². The Hall–Kier alpha value is -3.26. The molecule has 132 valence electrons. The van der Waals surface area contributed by atoms with E-state index in [4.69, 9.17) is 4.84 Å². The lowest BCUT2D eigenvalue weighted by Crippen LogP contribution is -2.57. The predicted octanol–water partition coefficient (Wildman–Crippen LogP) is 0.754. The lowest BCUT2D eigenvalue weighted by atomic mass is 9.91. The molecular weight excluding hydrogens is 338 g/mol. The molecule has 2 aromatic rings. The Labute approximate surface area is 148 Å². The van der Waals surface area contributed by atoms with Gasteiger partial charge >= 0.3 is 0 Å². The number of hydroxylamine groups is 1. The van der Waals surface area contributed by atoms with Gasteiger partial charge in [0.2, 0.25) is 11.8 Å². The molecule has 1 unspecified atom stereocenters. The van der Waals surface area contributed by atoms with Crippen molar-refractivity contribution in [3.63, 3.8) is 0 Å². The SMILES string of the molecule is CNOc1cc2c3c(cccc3c1)C(=O)N(C1CCC(=O)NC1=O)C2=O. The Morgan fingerprint density at radius 2 is 1.88 bits per heavy atom. The van der Waals surface area contributed by atoms with E-state index in [1.165, 1.54) is 6.07 Å². The van der Waals surface area contributed by atoms with Crippen molar-refractivity contribution in [3.8, 4) is 5.75 Å². The van der Waals surface area contributed by atoms with E-state index in [9.17, 15) is 19.2 Å². The lowest BCUT2D eigenvalue weighted by Gasteiger charge is -2.34. The van der Waals surface area contributed by atoms with E-state index in [2.05, 4.69) is 10.8 Å². The van der Waals surface area contributed by atoms with Crippen LogP contribution in [0.4, 0.5) is 0 Å². The van der Waals surface area contributed by atoms with Gasteiger partial charge in [0, 0.05) is 24.4 Å². The van der Waals surface area contributed by atoms with Gasteiger partial charge in [0.1, 0.15) is 11.8 Å². The molecule has 0 bridgehead atoms. The quantitative estimate of drug-likeness (QED) is 0.623. The predicted molar refractivity (Wildman–Crippen MR) is 90.3 cm³/mol. The summed E-state index contributed by atoms with van der Waals surface area (Å²) in [6, 6.07) is 7.37. The number of amides is 4. The normalized spacial score (nSPS) is 19.7. The summed E-state index contributed by atoms with van der Waals surface area (Å²) in [5.74, 6) is -1.74. The van der Waals surface area contributed by atoms with Gasteiger partial charge in [0.05, 0.1) is 5.56 Å². The van der Waals surface area contributed by atoms with E-state index >= 15 is 0 Å². The molecule has 0 aliphatic carbocycles. The molecule has 26 heavy (non-hydrogen) atoms. The third kappa shape index (κ3) is 2.34. The number of hydrogen-bond acceptors (Lipinski definition) is 6. The van der Waals surface area contributed by atoms with Crippen LogP contribution in [-0.4, -0.2) is 41.6 Å². The molecule has 4 rings (SSSR count). The maximum absolute atomic E-state index is 13.1. The van der Waals surface area contributed by atoms with Gasteiger partial charge in [-0.25, -0.2) is 0 Å². The molecule has 1 atom stereocenters. The van der Waals surface area contributed by atoms with Gasteiger partial charge in [0.15, 0.2) is 0 Å². The molecule has 0 aromatic heterocycles. The van der Waals surface area contributed by atoms with Crippen LogP contribution in [0, 0.1) is 0 Å². The fourth-order valence-corrected chi connectivity index (χ4v) is 3.49. The van der Waals surface area contributed by atoms with Crippen molar-refractivity contribution in [3.05, 3.63) is 41.5 Å². The van der Waals surface area contributed by atoms with Gasteiger partial charge in [-0.3, -0.25) is 29.4 Å². The van der Waals surface area contributed by atoms with Crippen LogP contribution in [0.25, 0.3) is 10.8 Å². The number of nitrogens with one attached hydrogen (secondary N) is 2. The summed E-state index contributed by atoms with van der Waals surface area (Å²) in [5, 5.41) is 3.42. The number of nitrogens with zero attached hydrogens (tertiary/aromatic N) is 1. The van der Waals surface area contributed by atoms with Crippen LogP contribution in [-0.2, 0) is 9.59 Å². The molecule has 0 spiro atoms. The first kappa shape index (κ1) is 16.2. The average molecular weight is 353 g/mol. The van der Waals surface area contributed by atoms with Crippen LogP contribution in [0.15, 0.2) is 30.3 Å². The number of carbonyl (C=O) groups is 4. The topological polar surface area (TPSA) is 105 Å². The van der Waals surface area contributed by atoms with Crippen LogP contribution in [0.5, 0.6) is 5.75 Å². The average Bonchev–Trinajstić information content (AvgIpc) is 2.61. The smallest absolute Gasteiger partial charge is 0.262 e. The molecule has 0 radical (unpaired) electrons. The Kier molecular flexibility index (Phi) is 3.69. The molecule has 2 aliphatic rings. The summed E-state index contributed by atoms with van der Waals surface area (Å²) in [6.07, 6.45) is 0.188. The zero-order chi connectivity index (χ0) is 18.4. The fraction of sp³-hybridized carbons (Fsp3) is 0.222. The van der Waals surface area contributed by atoms with Crippen LogP contribution in [0.3, 0.4) is 0 Å². The van der Waals surface area contributed by atoms with E-state index < -0.39 is 29.7 Å². The summed E-state index contributed by atoms with van der Waals surface area (Å²) < 4.78 is 0. The Bertz CT molecular complexity index is 984. The third-order valence-electron chi connectivity index (χ3n) is 4.59. The zero-order valence-electron chi connectivity index (χ0n) is 13.9. The standard InChI is InChI=1S/C18H15N3O5/c1-19-26-10-7-9-3-2-4-11-15(9)12(8-10)18(25)21(17(11)24)13-5-6-14(22)20-16(13)23/h2-4,7-8,13,19H,5-6H2,1H3,(H,20,22,23). The van der Waals surface area contributed by atoms with Gasteiger partial charge < -0.3 is 4.84 Å². The van der Waals surface area contributed by atoms with Crippen LogP contribution < -0.4 is 15.6 Å². The van der Waals surface area contributed by atoms with Crippen molar-refractivity contribution < 1.29 is 24.0 Å². The molecule has 4 amide bonds. The summed E-state index contributed by atoms with van der Waals surface area (Å²) >= 11 is 0. The number of piperidine rings is 1. The molecule has 8 nitrogen and oxygen atoms in total. The van der Waals surface area contributed by atoms with Gasteiger partial charge in [-0.05, 0) is 30.0 Å². The first-order valence-electron chi connectivity index (χ1n) is 8.13. The summed E-state index contributed by atoms with van der Waals surface area (Å²) in [7, 11) is 1.59. The van der Waals surface area contributed by atoms with E-state index in [1.54, 1.807) is 31.3 Å². The number of carbonyl (C=O) groups excluding carboxylic acids is 4. The second-order valence-corrected chi connectivity index (χ2v) is 6.13. The first-order valence-corrected chi connectivity index (χ1v) is 8.13. The summed E-state index contributed by atoms with van der Waals surface area (Å²) in [4.78, 5) is 55.8. The fourth-order valence-electron chi connectivity index (χ4n) is 3.49. The Morgan fingerprint density at radius 3 is 2.62 bits per heavy atom. The van der Waals surface area contributed by atoms with E-state index in [0.717, 1.165) is 4.90 Å². The lowest BCUT2D eigenvalue weighted by molar-refractivity contribution is -0.136. The highest BCUT2D eigenvalue weighted by atomic mass is 16.6. The van der Waals surface area contributed by atoms with Crippen molar-refractivity contribution in [2.45, 2.75) is 18.9 Å². The molecule has 2 aliphatic heterocycles. The minimum Gasteiger partial charge on any atom is -0.409 e. The highest BCUT2D eigenvalue weighted by Crippen LogP contribution is 2.35. The maximum Gasteiger partial charge on any atom is 0.262 e. The van der Waals surface area contributed by atoms with E-state index in [-0.39, 0.29) is 18.4 Å². The number of imide groups is 2. The van der Waals surface area contributed by atoms with Crippen LogP contribution in [0.2, 0.25) is 0 Å². The third-order valence-corrected chi connectivity index (χ3v) is 4.59. The summed E-state index contributed by atoms with van der Waals surface area (Å²) in [6.45, 7) is 0. The number of hydrogen-bond donors (Lipinski definition) is 2. The molecule has 2 heterocycles. The van der Waals surface area contributed by atoms with E-state index in [0.29, 0.717) is 22.1 Å². The largest absolute Gasteiger partial charge is 0.409 e.